The van der Waals surface area contributed by atoms with Crippen molar-refractivity contribution in [2.24, 2.45) is 17.8 Å². The van der Waals surface area contributed by atoms with Crippen LogP contribution in [0.3, 0.4) is 0 Å². The summed E-state index contributed by atoms with van der Waals surface area (Å²) >= 11 is 0. The van der Waals surface area contributed by atoms with Crippen molar-refractivity contribution < 1.29 is 34.1 Å². The van der Waals surface area contributed by atoms with Crippen molar-refractivity contribution >= 4 is 23.6 Å². The zero-order valence-corrected chi connectivity index (χ0v) is 20.0. The number of nitrogens with one attached hydrogen (secondary N) is 1. The Labute approximate surface area is 200 Å². The molecule has 1 saturated heterocycles. The minimum Gasteiger partial charge on any atom is -0.454 e. The Morgan fingerprint density at radius 1 is 1.18 bits per heavy atom. The van der Waals surface area contributed by atoms with Gasteiger partial charge >= 0.3 is 5.97 Å². The number of piperidine rings is 1. The van der Waals surface area contributed by atoms with Crippen LogP contribution in [0.25, 0.3) is 0 Å². The molecule has 0 unspecified atom stereocenters. The maximum atomic E-state index is 12.6. The third-order valence-corrected chi connectivity index (χ3v) is 6.09. The molecule has 2 amide bonds. The highest BCUT2D eigenvalue weighted by molar-refractivity contribution is 5.97. The summed E-state index contributed by atoms with van der Waals surface area (Å²) in [5.41, 5.74) is 0.588. The topological polar surface area (TPSA) is 130 Å². The first-order chi connectivity index (χ1) is 16.1. The minimum absolute atomic E-state index is 0.121. The number of hydrogen-bond donors (Lipinski definition) is 3. The normalized spacial score (nSPS) is 30.6. The lowest BCUT2D eigenvalue weighted by molar-refractivity contribution is -0.146. The number of imide groups is 1. The lowest BCUT2D eigenvalue weighted by Gasteiger charge is -2.30. The van der Waals surface area contributed by atoms with Gasteiger partial charge in [-0.15, -0.1) is 0 Å². The number of aliphatic hydroxyl groups excluding tert-OH is 2. The van der Waals surface area contributed by atoms with Gasteiger partial charge in [-0.2, -0.15) is 0 Å². The van der Waals surface area contributed by atoms with Crippen LogP contribution in [0.1, 0.15) is 52.9 Å². The molecule has 0 radical (unpaired) electrons. The monoisotopic (exact) mass is 473 g/mol. The number of ether oxygens (including phenoxy) is 1. The molecule has 2 rings (SSSR count). The summed E-state index contributed by atoms with van der Waals surface area (Å²) in [6.07, 6.45) is 10.2. The number of amides is 2. The molecular formula is C26H35NO7. The highest BCUT2D eigenvalue weighted by Crippen LogP contribution is 2.25. The third-order valence-electron chi connectivity index (χ3n) is 6.09. The van der Waals surface area contributed by atoms with E-state index in [2.05, 4.69) is 5.32 Å². The van der Waals surface area contributed by atoms with Gasteiger partial charge in [-0.25, -0.2) is 4.79 Å². The predicted octanol–water partition coefficient (Wildman–Crippen LogP) is 2.31. The smallest absolute Gasteiger partial charge is 0.331 e. The van der Waals surface area contributed by atoms with Crippen LogP contribution in [0, 0.1) is 17.8 Å². The van der Waals surface area contributed by atoms with Gasteiger partial charge in [0.2, 0.25) is 11.8 Å². The van der Waals surface area contributed by atoms with E-state index in [1.54, 1.807) is 45.1 Å². The van der Waals surface area contributed by atoms with Gasteiger partial charge in [0.15, 0.2) is 5.78 Å². The Hall–Kier alpha value is -2.84. The summed E-state index contributed by atoms with van der Waals surface area (Å²) in [6, 6.07) is 0. The van der Waals surface area contributed by atoms with E-state index in [9.17, 15) is 29.4 Å². The van der Waals surface area contributed by atoms with Crippen molar-refractivity contribution in [2.45, 2.75) is 71.2 Å². The van der Waals surface area contributed by atoms with Crippen molar-refractivity contribution in [1.29, 1.82) is 0 Å². The molecule has 0 spiro atoms. The van der Waals surface area contributed by atoms with E-state index in [1.165, 1.54) is 18.2 Å². The van der Waals surface area contributed by atoms with Crippen molar-refractivity contribution in [3.8, 4) is 0 Å². The van der Waals surface area contributed by atoms with E-state index < -0.39 is 36.1 Å². The van der Waals surface area contributed by atoms with Gasteiger partial charge < -0.3 is 14.9 Å². The second-order valence-electron chi connectivity index (χ2n) is 9.09. The first-order valence-corrected chi connectivity index (χ1v) is 11.7. The van der Waals surface area contributed by atoms with E-state index in [0.29, 0.717) is 24.8 Å². The van der Waals surface area contributed by atoms with Crippen LogP contribution in [0.5, 0.6) is 0 Å². The standard InChI is InChI=1S/C26H35NO7/c1-16(20(28)11-8-9-19-14-22(30)27-23(31)15-19)13-17(2)26-18(3)25(33)21(29)10-6-4-5-7-12-24(32)34-26/h6-8,10-13,16,18-19,21,25-26,29,33H,4-5,9,14-15H2,1-3H3,(H,27,30,31)/b10-6+,11-8+,12-7+,17-13+/t16-,18-,21-,25-,26+/m0/s1. The Kier molecular flexibility index (Phi) is 10.6. The molecule has 0 saturated carbocycles. The third kappa shape index (κ3) is 8.50. The maximum Gasteiger partial charge on any atom is 0.331 e. The number of ketones is 1. The molecular weight excluding hydrogens is 438 g/mol. The summed E-state index contributed by atoms with van der Waals surface area (Å²) in [7, 11) is 0. The van der Waals surface area contributed by atoms with Crippen LogP contribution in [0.2, 0.25) is 0 Å². The number of aliphatic hydroxyl groups is 2. The quantitative estimate of drug-likeness (QED) is 0.234. The van der Waals surface area contributed by atoms with E-state index in [4.69, 9.17) is 4.74 Å². The molecule has 2 aliphatic rings. The Balaban J connectivity index is 2.09. The molecule has 3 N–H and O–H groups in total. The van der Waals surface area contributed by atoms with Gasteiger partial charge in [0, 0.05) is 30.8 Å². The summed E-state index contributed by atoms with van der Waals surface area (Å²) in [4.78, 5) is 47.8. The van der Waals surface area contributed by atoms with Gasteiger partial charge in [-0.05, 0) is 43.8 Å². The Bertz CT molecular complexity index is 870. The van der Waals surface area contributed by atoms with Crippen LogP contribution in [0.15, 0.2) is 48.1 Å². The Morgan fingerprint density at radius 2 is 1.82 bits per heavy atom. The van der Waals surface area contributed by atoms with Crippen molar-refractivity contribution in [3.05, 3.63) is 48.1 Å². The fourth-order valence-electron chi connectivity index (χ4n) is 4.11. The fourth-order valence-corrected chi connectivity index (χ4v) is 4.11. The van der Waals surface area contributed by atoms with E-state index >= 15 is 0 Å². The molecule has 0 aromatic heterocycles. The molecule has 0 aromatic rings. The molecule has 0 aliphatic carbocycles. The summed E-state index contributed by atoms with van der Waals surface area (Å²) in [5.74, 6) is -2.61. The van der Waals surface area contributed by atoms with Crippen LogP contribution >= 0.6 is 0 Å². The van der Waals surface area contributed by atoms with Crippen LogP contribution in [-0.2, 0) is 23.9 Å². The fraction of sp³-hybridized carbons (Fsp3) is 0.538. The SMILES string of the molecule is C/C(=C\[C@H](C)C(=O)/C=C/CC1CC(=O)NC(=O)C1)[C@H]1OC(=O)/C=C/CC/C=C/[C@H](O)[C@@H](O)[C@@H]1C. The molecule has 5 atom stereocenters. The average molecular weight is 474 g/mol. The van der Waals surface area contributed by atoms with E-state index in [0.717, 1.165) is 0 Å². The molecule has 8 nitrogen and oxygen atoms in total. The number of rotatable bonds is 6. The molecule has 1 fully saturated rings. The number of hydrogen-bond acceptors (Lipinski definition) is 7. The van der Waals surface area contributed by atoms with Gasteiger partial charge in [-0.3, -0.25) is 19.7 Å². The Morgan fingerprint density at radius 3 is 2.50 bits per heavy atom. The zero-order valence-electron chi connectivity index (χ0n) is 20.0. The zero-order chi connectivity index (χ0) is 25.3. The number of carbonyl (C=O) groups excluding carboxylic acids is 4. The van der Waals surface area contributed by atoms with Crippen LogP contribution < -0.4 is 5.32 Å². The minimum atomic E-state index is -1.16. The number of carbonyl (C=O) groups is 4. The highest BCUT2D eigenvalue weighted by atomic mass is 16.5. The number of esters is 1. The lowest BCUT2D eigenvalue weighted by atomic mass is 9.87. The first kappa shape index (κ1) is 27.4. The molecule has 8 heteroatoms. The van der Waals surface area contributed by atoms with Gasteiger partial charge in [0.25, 0.3) is 0 Å². The molecule has 0 aromatic carbocycles. The van der Waals surface area contributed by atoms with Crippen molar-refractivity contribution in [3.63, 3.8) is 0 Å². The molecule has 2 heterocycles. The van der Waals surface area contributed by atoms with Gasteiger partial charge in [0.1, 0.15) is 6.10 Å². The summed E-state index contributed by atoms with van der Waals surface area (Å²) in [6.45, 7) is 5.11. The summed E-state index contributed by atoms with van der Waals surface area (Å²) < 4.78 is 5.59. The second kappa shape index (κ2) is 13.2. The predicted molar refractivity (Wildman–Crippen MR) is 126 cm³/mol. The maximum absolute atomic E-state index is 12.6. The van der Waals surface area contributed by atoms with Gasteiger partial charge in [-0.1, -0.05) is 44.2 Å². The largest absolute Gasteiger partial charge is 0.454 e. The van der Waals surface area contributed by atoms with Crippen LogP contribution in [-0.4, -0.2) is 52.1 Å². The molecule has 34 heavy (non-hydrogen) atoms. The van der Waals surface area contributed by atoms with Crippen molar-refractivity contribution in [1.82, 2.24) is 5.32 Å². The van der Waals surface area contributed by atoms with E-state index in [-0.39, 0.29) is 36.4 Å². The van der Waals surface area contributed by atoms with Crippen molar-refractivity contribution in [2.75, 3.05) is 0 Å². The van der Waals surface area contributed by atoms with Gasteiger partial charge in [0.05, 0.1) is 12.2 Å². The molecule has 2 aliphatic heterocycles. The van der Waals surface area contributed by atoms with Crippen LogP contribution in [0.4, 0.5) is 0 Å². The number of allylic oxidation sites excluding steroid dienone is 5. The highest BCUT2D eigenvalue weighted by Gasteiger charge is 2.32. The first-order valence-electron chi connectivity index (χ1n) is 11.7. The second-order valence-corrected chi connectivity index (χ2v) is 9.09. The van der Waals surface area contributed by atoms with E-state index in [1.807, 2.05) is 0 Å². The lowest BCUT2D eigenvalue weighted by Crippen LogP contribution is -2.40. The number of cyclic esters (lactones) is 1. The molecule has 0 bridgehead atoms. The molecule has 186 valence electrons. The average Bonchev–Trinajstić information content (AvgIpc) is 2.77. The summed E-state index contributed by atoms with van der Waals surface area (Å²) in [5, 5.41) is 23.1.